The lowest BCUT2D eigenvalue weighted by atomic mass is 10.3. The number of hydrogen-bond donors (Lipinski definition) is 0. The average Bonchev–Trinajstić information content (AvgIpc) is 2.99. The summed E-state index contributed by atoms with van der Waals surface area (Å²) in [6.07, 6.45) is 4.12. The number of para-hydroxylation sites is 1. The van der Waals surface area contributed by atoms with E-state index >= 15 is 0 Å². The maximum atomic E-state index is 11.9. The normalized spacial score (nSPS) is 15.2. The van der Waals surface area contributed by atoms with E-state index in [4.69, 9.17) is 0 Å². The van der Waals surface area contributed by atoms with Crippen LogP contribution in [0, 0.1) is 0 Å². The summed E-state index contributed by atoms with van der Waals surface area (Å²) < 4.78 is 1.86. The van der Waals surface area contributed by atoms with E-state index in [-0.39, 0.29) is 5.91 Å². The molecule has 0 atom stereocenters. The quantitative estimate of drug-likeness (QED) is 0.732. The molecule has 0 N–H and O–H groups in total. The molecule has 84 valence electrons. The summed E-state index contributed by atoms with van der Waals surface area (Å²) in [6, 6.07) is 13.3. The summed E-state index contributed by atoms with van der Waals surface area (Å²) in [5, 5.41) is 5.80. The van der Waals surface area contributed by atoms with E-state index in [1.54, 1.807) is 0 Å². The molecule has 0 fully saturated rings. The Hall–Kier alpha value is -2.36. The Morgan fingerprint density at radius 3 is 2.41 bits per heavy atom. The van der Waals surface area contributed by atoms with Gasteiger partial charge in [0.1, 0.15) is 5.84 Å². The highest BCUT2D eigenvalue weighted by Crippen LogP contribution is 2.20. The Kier molecular flexibility index (Phi) is 2.26. The van der Waals surface area contributed by atoms with Crippen LogP contribution < -0.4 is 5.01 Å². The van der Waals surface area contributed by atoms with Gasteiger partial charge in [-0.2, -0.15) is 10.1 Å². The van der Waals surface area contributed by atoms with Crippen molar-refractivity contribution in [1.29, 1.82) is 0 Å². The number of hydrazone groups is 1. The molecule has 0 radical (unpaired) electrons. The van der Waals surface area contributed by atoms with Gasteiger partial charge in [0, 0.05) is 12.4 Å². The first kappa shape index (κ1) is 9.84. The molecule has 1 aliphatic heterocycles. The first-order chi connectivity index (χ1) is 8.34. The Balaban J connectivity index is 1.95. The van der Waals surface area contributed by atoms with Crippen LogP contribution in [0.15, 0.2) is 60.0 Å². The number of aromatic nitrogens is 1. The van der Waals surface area contributed by atoms with Gasteiger partial charge in [0.15, 0.2) is 0 Å². The second kappa shape index (κ2) is 3.90. The number of rotatable bonds is 1. The first-order valence-corrected chi connectivity index (χ1v) is 5.43. The van der Waals surface area contributed by atoms with Gasteiger partial charge in [0.2, 0.25) is 0 Å². The van der Waals surface area contributed by atoms with Crippen molar-refractivity contribution in [2.75, 3.05) is 5.01 Å². The van der Waals surface area contributed by atoms with Crippen LogP contribution in [0.4, 0.5) is 5.69 Å². The molecule has 0 saturated carbocycles. The molecular weight excluding hydrogens is 214 g/mol. The maximum Gasteiger partial charge on any atom is 0.255 e. The first-order valence-electron chi connectivity index (χ1n) is 5.43. The number of hydrogen-bond acceptors (Lipinski definition) is 2. The molecule has 0 unspecified atom stereocenters. The molecule has 0 bridgehead atoms. The molecule has 1 aliphatic rings. The lowest BCUT2D eigenvalue weighted by molar-refractivity contribution is -0.116. The van der Waals surface area contributed by atoms with E-state index in [0.29, 0.717) is 6.42 Å². The number of carbonyl (C=O) groups is 1. The van der Waals surface area contributed by atoms with Crippen LogP contribution >= 0.6 is 0 Å². The van der Waals surface area contributed by atoms with Gasteiger partial charge in [-0.1, -0.05) is 18.2 Å². The van der Waals surface area contributed by atoms with Gasteiger partial charge in [0.25, 0.3) is 5.91 Å². The molecule has 4 heteroatoms. The smallest absolute Gasteiger partial charge is 0.255 e. The number of nitrogens with zero attached hydrogens (tertiary/aromatic N) is 3. The molecule has 2 aromatic rings. The van der Waals surface area contributed by atoms with Crippen LogP contribution in [0.1, 0.15) is 6.42 Å². The lowest BCUT2D eigenvalue weighted by Crippen LogP contribution is -2.19. The number of benzene rings is 1. The van der Waals surface area contributed by atoms with Gasteiger partial charge < -0.3 is 4.57 Å². The van der Waals surface area contributed by atoms with Crippen molar-refractivity contribution in [3.05, 3.63) is 54.9 Å². The minimum absolute atomic E-state index is 0.0000926. The van der Waals surface area contributed by atoms with Gasteiger partial charge >= 0.3 is 0 Å². The van der Waals surface area contributed by atoms with E-state index < -0.39 is 0 Å². The van der Waals surface area contributed by atoms with Crippen molar-refractivity contribution in [3.63, 3.8) is 0 Å². The van der Waals surface area contributed by atoms with E-state index in [1.165, 1.54) is 5.01 Å². The van der Waals surface area contributed by atoms with E-state index in [2.05, 4.69) is 5.10 Å². The van der Waals surface area contributed by atoms with Gasteiger partial charge in [-0.15, -0.1) is 0 Å². The Bertz CT molecular complexity index is 558. The summed E-state index contributed by atoms with van der Waals surface area (Å²) in [7, 11) is 0. The highest BCUT2D eigenvalue weighted by Gasteiger charge is 2.25. The highest BCUT2D eigenvalue weighted by molar-refractivity contribution is 6.12. The summed E-state index contributed by atoms with van der Waals surface area (Å²) >= 11 is 0. The Labute approximate surface area is 98.8 Å². The van der Waals surface area contributed by atoms with Crippen molar-refractivity contribution in [2.24, 2.45) is 5.10 Å². The van der Waals surface area contributed by atoms with Gasteiger partial charge in [-0.25, -0.2) is 0 Å². The maximum absolute atomic E-state index is 11.9. The number of carbonyl (C=O) groups excluding carboxylic acids is 1. The minimum atomic E-state index is -0.0000926. The molecular formula is C13H11N3O. The Morgan fingerprint density at radius 1 is 1.00 bits per heavy atom. The molecule has 1 amide bonds. The van der Waals surface area contributed by atoms with Crippen molar-refractivity contribution in [3.8, 4) is 0 Å². The van der Waals surface area contributed by atoms with Gasteiger partial charge in [-0.3, -0.25) is 4.79 Å². The third kappa shape index (κ3) is 1.73. The molecule has 17 heavy (non-hydrogen) atoms. The Morgan fingerprint density at radius 2 is 1.71 bits per heavy atom. The zero-order valence-electron chi connectivity index (χ0n) is 9.15. The highest BCUT2D eigenvalue weighted by atomic mass is 16.2. The fourth-order valence-corrected chi connectivity index (χ4v) is 1.84. The van der Waals surface area contributed by atoms with Crippen LogP contribution in [-0.2, 0) is 4.79 Å². The number of anilines is 1. The topological polar surface area (TPSA) is 37.6 Å². The average molecular weight is 225 g/mol. The van der Waals surface area contributed by atoms with Crippen LogP contribution in [0.2, 0.25) is 0 Å². The second-order valence-corrected chi connectivity index (χ2v) is 3.82. The van der Waals surface area contributed by atoms with Gasteiger partial charge in [0.05, 0.1) is 12.1 Å². The van der Waals surface area contributed by atoms with E-state index in [0.717, 1.165) is 11.5 Å². The monoisotopic (exact) mass is 225 g/mol. The molecule has 0 spiro atoms. The molecule has 1 aromatic heterocycles. The predicted octanol–water partition coefficient (Wildman–Crippen LogP) is 2.09. The zero-order valence-corrected chi connectivity index (χ0v) is 9.15. The minimum Gasteiger partial charge on any atom is -0.310 e. The second-order valence-electron chi connectivity index (χ2n) is 3.82. The largest absolute Gasteiger partial charge is 0.310 e. The molecule has 0 saturated heterocycles. The summed E-state index contributed by atoms with van der Waals surface area (Å²) in [5.74, 6) is 0.753. The molecule has 4 nitrogen and oxygen atoms in total. The van der Waals surface area contributed by atoms with Crippen molar-refractivity contribution in [1.82, 2.24) is 4.57 Å². The third-order valence-corrected chi connectivity index (χ3v) is 2.66. The fraction of sp³-hybridized carbons (Fsp3) is 0.0769. The van der Waals surface area contributed by atoms with Crippen molar-refractivity contribution in [2.45, 2.75) is 6.42 Å². The lowest BCUT2D eigenvalue weighted by Gasteiger charge is -2.10. The molecule has 3 rings (SSSR count). The summed E-state index contributed by atoms with van der Waals surface area (Å²) in [4.78, 5) is 11.9. The van der Waals surface area contributed by atoms with Crippen molar-refractivity contribution >= 4 is 17.4 Å². The van der Waals surface area contributed by atoms with Crippen molar-refractivity contribution < 1.29 is 4.79 Å². The van der Waals surface area contributed by atoms with Crippen LogP contribution in [0.3, 0.4) is 0 Å². The summed E-state index contributed by atoms with van der Waals surface area (Å²) in [5.41, 5.74) is 0.805. The van der Waals surface area contributed by atoms with E-state index in [9.17, 15) is 4.79 Å². The number of amides is 1. The van der Waals surface area contributed by atoms with Gasteiger partial charge in [-0.05, 0) is 24.3 Å². The molecule has 1 aromatic carbocycles. The fourth-order valence-electron chi connectivity index (χ4n) is 1.84. The standard InChI is InChI=1S/C13H11N3O/c17-13-10-12(15-8-4-5-9-15)14-16(13)11-6-2-1-3-7-11/h1-9H,10H2. The third-order valence-electron chi connectivity index (χ3n) is 2.66. The summed E-state index contributed by atoms with van der Waals surface area (Å²) in [6.45, 7) is 0. The van der Waals surface area contributed by atoms with Crippen LogP contribution in [-0.4, -0.2) is 16.3 Å². The molecule has 0 aliphatic carbocycles. The van der Waals surface area contributed by atoms with E-state index in [1.807, 2.05) is 59.4 Å². The van der Waals surface area contributed by atoms with Crippen LogP contribution in [0.5, 0.6) is 0 Å². The van der Waals surface area contributed by atoms with Crippen LogP contribution in [0.25, 0.3) is 0 Å². The molecule has 2 heterocycles. The predicted molar refractivity (Wildman–Crippen MR) is 65.8 cm³/mol. The SMILES string of the molecule is O=C1CC(n2cccc2)=NN1c1ccccc1. The zero-order chi connectivity index (χ0) is 11.7.